The van der Waals surface area contributed by atoms with Crippen molar-refractivity contribution in [1.29, 1.82) is 0 Å². The summed E-state index contributed by atoms with van der Waals surface area (Å²) in [5.74, 6) is 0. The number of aromatic nitrogens is 1. The Morgan fingerprint density at radius 3 is 1.91 bits per heavy atom. The molecule has 2 aromatic heterocycles. The average Bonchev–Trinajstić information content (AvgIpc) is 3.40. The lowest BCUT2D eigenvalue weighted by molar-refractivity contribution is 1.18. The molecule has 5 aromatic carbocycles. The van der Waals surface area contributed by atoms with Crippen LogP contribution in [0.3, 0.4) is 0 Å². The Morgan fingerprint density at radius 2 is 1.15 bits per heavy atom. The summed E-state index contributed by atoms with van der Waals surface area (Å²) in [6.07, 6.45) is 0. The fraction of sp³-hybridized carbons (Fsp3) is 0. The van der Waals surface area contributed by atoms with Gasteiger partial charge in [-0.05, 0) is 36.4 Å². The first-order valence-electron chi connectivity index (χ1n) is 11.0. The van der Waals surface area contributed by atoms with Gasteiger partial charge >= 0.3 is 0 Å². The number of hydrogen-bond acceptors (Lipinski definition) is 1. The number of benzene rings is 5. The van der Waals surface area contributed by atoms with Crippen LogP contribution in [0.25, 0.3) is 58.8 Å². The first-order valence-corrected chi connectivity index (χ1v) is 12.2. The molecule has 33 heavy (non-hydrogen) atoms. The highest BCUT2D eigenvalue weighted by molar-refractivity contribution is 7.26. The van der Waals surface area contributed by atoms with Gasteiger partial charge in [0, 0.05) is 47.1 Å². The van der Waals surface area contributed by atoms with Gasteiger partial charge in [-0.15, -0.1) is 11.3 Å². The molecule has 0 saturated heterocycles. The topological polar surface area (TPSA) is 4.93 Å². The summed E-state index contributed by atoms with van der Waals surface area (Å²) in [6, 6.07) is 38.8. The van der Waals surface area contributed by atoms with Crippen molar-refractivity contribution in [2.75, 3.05) is 0 Å². The highest BCUT2D eigenvalue weighted by Gasteiger charge is 2.18. The van der Waals surface area contributed by atoms with Gasteiger partial charge in [-0.2, -0.15) is 0 Å². The highest BCUT2D eigenvalue weighted by Crippen LogP contribution is 2.44. The van der Waals surface area contributed by atoms with Gasteiger partial charge in [-0.25, -0.2) is 0 Å². The van der Waals surface area contributed by atoms with Crippen LogP contribution in [0.2, 0.25) is 5.02 Å². The SMILES string of the molecule is Clc1cc(-c2ccccc2-n2c3ccccc3c3ccccc32)c2sc3ccccc3c2c1. The van der Waals surface area contributed by atoms with Crippen LogP contribution in [0.4, 0.5) is 0 Å². The van der Waals surface area contributed by atoms with Gasteiger partial charge in [0.05, 0.1) is 16.7 Å². The molecular weight excluding hydrogens is 442 g/mol. The Hall–Kier alpha value is -3.59. The maximum Gasteiger partial charge on any atom is 0.0541 e. The molecule has 7 rings (SSSR count). The molecule has 0 amide bonds. The lowest BCUT2D eigenvalue weighted by Crippen LogP contribution is -1.97. The van der Waals surface area contributed by atoms with E-state index >= 15 is 0 Å². The molecule has 7 aromatic rings. The van der Waals surface area contributed by atoms with Gasteiger partial charge in [-0.1, -0.05) is 84.4 Å². The van der Waals surface area contributed by atoms with E-state index in [1.807, 2.05) is 11.3 Å². The molecule has 0 N–H and O–H groups in total. The Morgan fingerprint density at radius 1 is 0.545 bits per heavy atom. The van der Waals surface area contributed by atoms with Crippen LogP contribution in [-0.4, -0.2) is 4.57 Å². The number of nitrogens with zero attached hydrogens (tertiary/aromatic N) is 1. The number of hydrogen-bond donors (Lipinski definition) is 0. The van der Waals surface area contributed by atoms with E-state index in [0.717, 1.165) is 10.7 Å². The summed E-state index contributed by atoms with van der Waals surface area (Å²) < 4.78 is 4.94. The molecule has 0 radical (unpaired) electrons. The molecule has 0 aliphatic carbocycles. The van der Waals surface area contributed by atoms with Crippen molar-refractivity contribution in [1.82, 2.24) is 4.57 Å². The van der Waals surface area contributed by atoms with E-state index in [-0.39, 0.29) is 0 Å². The number of rotatable bonds is 2. The van der Waals surface area contributed by atoms with Gasteiger partial charge in [0.1, 0.15) is 0 Å². The van der Waals surface area contributed by atoms with Gasteiger partial charge < -0.3 is 4.57 Å². The molecule has 3 heteroatoms. The number of fused-ring (bicyclic) bond motifs is 6. The molecule has 0 unspecified atom stereocenters. The van der Waals surface area contributed by atoms with Crippen LogP contribution in [0.15, 0.2) is 109 Å². The lowest BCUT2D eigenvalue weighted by atomic mass is 10.0. The molecule has 0 bridgehead atoms. The number of thiophene rings is 1. The zero-order valence-corrected chi connectivity index (χ0v) is 19.2. The van der Waals surface area contributed by atoms with E-state index < -0.39 is 0 Å². The minimum atomic E-state index is 0.762. The van der Waals surface area contributed by atoms with Crippen molar-refractivity contribution < 1.29 is 0 Å². The van der Waals surface area contributed by atoms with Crippen molar-refractivity contribution in [3.63, 3.8) is 0 Å². The standard InChI is InChI=1S/C30H18ClNS/c31-19-17-24(30-25(18-19)23-12-4-8-16-29(23)33-30)22-11-3-7-15-28(22)32-26-13-5-1-9-20(26)21-10-2-6-14-27(21)32/h1-18H. The van der Waals surface area contributed by atoms with Gasteiger partial charge in [0.25, 0.3) is 0 Å². The molecule has 0 spiro atoms. The second kappa shape index (κ2) is 7.21. The van der Waals surface area contributed by atoms with Gasteiger partial charge in [0.2, 0.25) is 0 Å². The molecule has 1 nitrogen and oxygen atoms in total. The fourth-order valence-corrected chi connectivity index (χ4v) is 6.50. The third kappa shape index (κ3) is 2.78. The van der Waals surface area contributed by atoms with Crippen LogP contribution in [0, 0.1) is 0 Å². The summed E-state index contributed by atoms with van der Waals surface area (Å²) in [5, 5.41) is 5.77. The van der Waals surface area contributed by atoms with Crippen molar-refractivity contribution in [3.8, 4) is 16.8 Å². The monoisotopic (exact) mass is 459 g/mol. The summed E-state index contributed by atoms with van der Waals surface area (Å²) in [5.41, 5.74) is 5.94. The number of para-hydroxylation sites is 3. The largest absolute Gasteiger partial charge is 0.309 e. The van der Waals surface area contributed by atoms with E-state index in [4.69, 9.17) is 11.6 Å². The predicted octanol–water partition coefficient (Wildman–Crippen LogP) is 9.47. The zero-order valence-electron chi connectivity index (χ0n) is 17.6. The normalized spacial score (nSPS) is 11.8. The molecule has 2 heterocycles. The maximum atomic E-state index is 6.70. The van der Waals surface area contributed by atoms with Gasteiger partial charge in [-0.3, -0.25) is 0 Å². The van der Waals surface area contributed by atoms with E-state index in [9.17, 15) is 0 Å². The third-order valence-corrected chi connectivity index (χ3v) is 7.90. The molecule has 0 atom stereocenters. The summed E-state index contributed by atoms with van der Waals surface area (Å²) in [4.78, 5) is 0. The lowest BCUT2D eigenvalue weighted by Gasteiger charge is -2.15. The van der Waals surface area contributed by atoms with Crippen LogP contribution in [0.5, 0.6) is 0 Å². The van der Waals surface area contributed by atoms with Gasteiger partial charge in [0.15, 0.2) is 0 Å². The zero-order chi connectivity index (χ0) is 21.9. The molecular formula is C30H18ClNS. The molecule has 156 valence electrons. The minimum Gasteiger partial charge on any atom is -0.309 e. The summed E-state index contributed by atoms with van der Waals surface area (Å²) in [6.45, 7) is 0. The van der Waals surface area contributed by atoms with Crippen molar-refractivity contribution in [3.05, 3.63) is 114 Å². The van der Waals surface area contributed by atoms with Crippen LogP contribution in [-0.2, 0) is 0 Å². The van der Waals surface area contributed by atoms with Crippen LogP contribution >= 0.6 is 22.9 Å². The Kier molecular flexibility index (Phi) is 4.14. The van der Waals surface area contributed by atoms with Crippen molar-refractivity contribution in [2.45, 2.75) is 0 Å². The van der Waals surface area contributed by atoms with Crippen molar-refractivity contribution in [2.24, 2.45) is 0 Å². The Balaban J connectivity index is 1.61. The summed E-state index contributed by atoms with van der Waals surface area (Å²) in [7, 11) is 0. The Labute approximate surface area is 200 Å². The van der Waals surface area contributed by atoms with E-state index in [2.05, 4.69) is 114 Å². The van der Waals surface area contributed by atoms with Crippen molar-refractivity contribution >= 4 is 64.9 Å². The smallest absolute Gasteiger partial charge is 0.0541 e. The number of halogens is 1. The maximum absolute atomic E-state index is 6.70. The summed E-state index contributed by atoms with van der Waals surface area (Å²) >= 11 is 8.53. The minimum absolute atomic E-state index is 0.762. The van der Waals surface area contributed by atoms with E-state index in [0.29, 0.717) is 0 Å². The van der Waals surface area contributed by atoms with E-state index in [1.54, 1.807) is 0 Å². The predicted molar refractivity (Wildman–Crippen MR) is 144 cm³/mol. The molecule has 0 aliphatic heterocycles. The first-order chi connectivity index (χ1) is 16.3. The third-order valence-electron chi connectivity index (χ3n) is 6.46. The van der Waals surface area contributed by atoms with E-state index in [1.165, 1.54) is 53.1 Å². The molecule has 0 fully saturated rings. The fourth-order valence-electron chi connectivity index (χ4n) is 5.07. The molecule has 0 aliphatic rings. The molecule has 0 saturated carbocycles. The second-order valence-corrected chi connectivity index (χ2v) is 9.80. The first kappa shape index (κ1) is 18.9. The Bertz CT molecular complexity index is 1790. The highest BCUT2D eigenvalue weighted by atomic mass is 35.5. The quantitative estimate of drug-likeness (QED) is 0.242. The second-order valence-electron chi connectivity index (χ2n) is 8.32. The van der Waals surface area contributed by atoms with Crippen LogP contribution in [0.1, 0.15) is 0 Å². The average molecular weight is 460 g/mol. The van der Waals surface area contributed by atoms with Crippen LogP contribution < -0.4 is 0 Å².